The molecule has 1 amide bonds. The first-order valence-corrected chi connectivity index (χ1v) is 14.3. The van der Waals surface area contributed by atoms with E-state index in [0.717, 1.165) is 45.2 Å². The summed E-state index contributed by atoms with van der Waals surface area (Å²) in [6.45, 7) is 0.784. The number of thioether (sulfide) groups is 1. The molecule has 1 N–H and O–H groups in total. The van der Waals surface area contributed by atoms with Crippen LogP contribution in [-0.4, -0.2) is 90.4 Å². The van der Waals surface area contributed by atoms with Crippen LogP contribution in [0.15, 0.2) is 53.4 Å². The second kappa shape index (κ2) is 13.0. The number of benzene rings is 2. The number of carbonyl (C=O) groups excluding carboxylic acids is 4. The molecule has 0 aromatic heterocycles. The Hall–Kier alpha value is -3.82. The molecule has 2 atom stereocenters. The molecule has 1 fully saturated rings. The van der Waals surface area contributed by atoms with Crippen molar-refractivity contribution in [2.45, 2.75) is 29.5 Å². The van der Waals surface area contributed by atoms with Gasteiger partial charge in [0.2, 0.25) is 15.9 Å². The average Bonchev–Trinajstić information content (AvgIpc) is 3.35. The maximum Gasteiger partial charge on any atom is 0.337 e. The molecule has 1 saturated heterocycles. The normalized spacial score (nSPS) is 17.2. The molecule has 2 aromatic carbocycles. The quantitative estimate of drug-likeness (QED) is 0.229. The van der Waals surface area contributed by atoms with Crippen LogP contribution in [-0.2, 0) is 29.1 Å². The van der Waals surface area contributed by atoms with Gasteiger partial charge in [-0.25, -0.2) is 13.2 Å². The Labute approximate surface area is 235 Å². The Kier molecular flexibility index (Phi) is 10.0. The van der Waals surface area contributed by atoms with Gasteiger partial charge in [-0.2, -0.15) is 4.31 Å². The van der Waals surface area contributed by atoms with E-state index in [2.05, 4.69) is 10.1 Å². The standard InChI is InChI=1S/C25H28N4O9S2/c1-16(30)39-21-12-23(28(15-21)40(36,37)22-10-8-19(9-11-22)29(34)35)24(32)27(2)14-20(31)13-26-18-6-4-17(5-7-18)25(33)38-3/h4-11,21,23,26H,12-15H2,1-3H3. The SMILES string of the molecule is COC(=O)c1ccc(NCC(=O)CN(C)C(=O)C2CC(SC(C)=O)CN2S(=O)(=O)c2ccc([N+](=O)[O-])cc2)cc1. The van der Waals surface area contributed by atoms with Gasteiger partial charge in [0, 0.05) is 43.6 Å². The van der Waals surface area contributed by atoms with Crippen LogP contribution in [0.3, 0.4) is 0 Å². The summed E-state index contributed by atoms with van der Waals surface area (Å²) in [5.41, 5.74) is 0.621. The molecule has 0 aliphatic carbocycles. The van der Waals surface area contributed by atoms with Crippen LogP contribution in [0.4, 0.5) is 11.4 Å². The van der Waals surface area contributed by atoms with E-state index >= 15 is 0 Å². The van der Waals surface area contributed by atoms with Crippen molar-refractivity contribution in [1.82, 2.24) is 9.21 Å². The average molecular weight is 593 g/mol. The van der Waals surface area contributed by atoms with Crippen LogP contribution in [0.5, 0.6) is 0 Å². The Morgan fingerprint density at radius 3 is 2.30 bits per heavy atom. The van der Waals surface area contributed by atoms with Gasteiger partial charge in [0.05, 0.1) is 35.6 Å². The van der Waals surface area contributed by atoms with Gasteiger partial charge < -0.3 is 15.0 Å². The lowest BCUT2D eigenvalue weighted by Gasteiger charge is -2.27. The zero-order valence-electron chi connectivity index (χ0n) is 21.9. The van der Waals surface area contributed by atoms with Crippen molar-refractivity contribution in [3.8, 4) is 0 Å². The summed E-state index contributed by atoms with van der Waals surface area (Å²) < 4.78 is 32.5. The molecule has 0 radical (unpaired) electrons. The zero-order chi connectivity index (χ0) is 29.6. The summed E-state index contributed by atoms with van der Waals surface area (Å²) in [6, 6.07) is 9.39. The number of esters is 1. The van der Waals surface area contributed by atoms with Gasteiger partial charge in [-0.15, -0.1) is 0 Å². The van der Waals surface area contributed by atoms with Gasteiger partial charge in [-0.05, 0) is 42.8 Å². The highest BCUT2D eigenvalue weighted by molar-refractivity contribution is 8.14. The first-order chi connectivity index (χ1) is 18.8. The molecule has 3 rings (SSSR count). The third-order valence-corrected chi connectivity index (χ3v) is 8.97. The van der Waals surface area contributed by atoms with E-state index in [-0.39, 0.29) is 47.5 Å². The van der Waals surface area contributed by atoms with E-state index in [9.17, 15) is 37.7 Å². The molecule has 1 aliphatic heterocycles. The Bertz CT molecular complexity index is 1400. The molecular weight excluding hydrogens is 564 g/mol. The first kappa shape index (κ1) is 30.7. The number of anilines is 1. The summed E-state index contributed by atoms with van der Waals surface area (Å²) in [4.78, 5) is 60.4. The molecule has 214 valence electrons. The number of ether oxygens (including phenoxy) is 1. The fourth-order valence-corrected chi connectivity index (χ4v) is 6.87. The maximum absolute atomic E-state index is 13.4. The zero-order valence-corrected chi connectivity index (χ0v) is 23.6. The number of likely N-dealkylation sites (N-methyl/N-ethyl adjacent to an activating group) is 1. The van der Waals surface area contributed by atoms with Crippen molar-refractivity contribution >= 4 is 55.9 Å². The van der Waals surface area contributed by atoms with Gasteiger partial charge in [0.25, 0.3) is 5.69 Å². The monoisotopic (exact) mass is 592 g/mol. The van der Waals surface area contributed by atoms with E-state index in [0.29, 0.717) is 11.3 Å². The molecular formula is C25H28N4O9S2. The second-order valence-corrected chi connectivity index (χ2v) is 12.3. The van der Waals surface area contributed by atoms with E-state index in [1.165, 1.54) is 33.2 Å². The summed E-state index contributed by atoms with van der Waals surface area (Å²) >= 11 is 0.929. The number of methoxy groups -OCH3 is 1. The molecule has 2 unspecified atom stereocenters. The number of carbonyl (C=O) groups is 4. The smallest absolute Gasteiger partial charge is 0.337 e. The predicted octanol–water partition coefficient (Wildman–Crippen LogP) is 1.93. The molecule has 1 heterocycles. The fourth-order valence-electron chi connectivity index (χ4n) is 4.15. The summed E-state index contributed by atoms with van der Waals surface area (Å²) in [7, 11) is -1.61. The number of nitro groups is 1. The van der Waals surface area contributed by atoms with Crippen molar-refractivity contribution in [3.63, 3.8) is 0 Å². The number of hydrogen-bond donors (Lipinski definition) is 1. The second-order valence-electron chi connectivity index (χ2n) is 8.96. The Balaban J connectivity index is 1.70. The molecule has 1 aliphatic rings. The third kappa shape index (κ3) is 7.43. The van der Waals surface area contributed by atoms with E-state index in [1.54, 1.807) is 12.1 Å². The third-order valence-electron chi connectivity index (χ3n) is 6.07. The van der Waals surface area contributed by atoms with Crippen molar-refractivity contribution in [3.05, 3.63) is 64.2 Å². The number of hydrogen-bond acceptors (Lipinski definition) is 11. The minimum Gasteiger partial charge on any atom is -0.465 e. The summed E-state index contributed by atoms with van der Waals surface area (Å²) in [6.07, 6.45) is 0.0542. The van der Waals surface area contributed by atoms with Crippen LogP contribution in [0.25, 0.3) is 0 Å². The number of nitrogens with one attached hydrogen (secondary N) is 1. The van der Waals surface area contributed by atoms with Crippen molar-refractivity contribution < 1.29 is 37.3 Å². The van der Waals surface area contributed by atoms with E-state index < -0.39 is 38.1 Å². The number of non-ortho nitro benzene ring substituents is 1. The highest BCUT2D eigenvalue weighted by atomic mass is 32.2. The van der Waals surface area contributed by atoms with Crippen LogP contribution < -0.4 is 5.32 Å². The number of sulfonamides is 1. The lowest BCUT2D eigenvalue weighted by Crippen LogP contribution is -2.48. The number of rotatable bonds is 11. The van der Waals surface area contributed by atoms with Crippen LogP contribution in [0, 0.1) is 10.1 Å². The number of ketones is 1. The minimum atomic E-state index is -4.26. The summed E-state index contributed by atoms with van der Waals surface area (Å²) in [5, 5.41) is 13.1. The van der Waals surface area contributed by atoms with Gasteiger partial charge >= 0.3 is 5.97 Å². The lowest BCUT2D eigenvalue weighted by molar-refractivity contribution is -0.384. The van der Waals surface area contributed by atoms with Crippen molar-refractivity contribution in [1.29, 1.82) is 0 Å². The number of nitro benzene ring substituents is 1. The molecule has 13 nitrogen and oxygen atoms in total. The molecule has 0 spiro atoms. The summed E-state index contributed by atoms with van der Waals surface area (Å²) in [5.74, 6) is -1.47. The highest BCUT2D eigenvalue weighted by Crippen LogP contribution is 2.34. The minimum absolute atomic E-state index is 0.0542. The topological polar surface area (TPSA) is 173 Å². The lowest BCUT2D eigenvalue weighted by atomic mass is 10.2. The van der Waals surface area contributed by atoms with Crippen molar-refractivity contribution in [2.75, 3.05) is 39.1 Å². The van der Waals surface area contributed by atoms with Crippen LogP contribution in [0.2, 0.25) is 0 Å². The van der Waals surface area contributed by atoms with Gasteiger partial charge in [-0.3, -0.25) is 24.5 Å². The van der Waals surface area contributed by atoms with Crippen molar-refractivity contribution in [2.24, 2.45) is 0 Å². The molecule has 0 saturated carbocycles. The Morgan fingerprint density at radius 1 is 1.12 bits per heavy atom. The first-order valence-electron chi connectivity index (χ1n) is 12.0. The molecule has 2 aromatic rings. The van der Waals surface area contributed by atoms with E-state index in [4.69, 9.17) is 0 Å². The fraction of sp³-hybridized carbons (Fsp3) is 0.360. The van der Waals surface area contributed by atoms with E-state index in [1.807, 2.05) is 0 Å². The molecule has 0 bridgehead atoms. The van der Waals surface area contributed by atoms with Crippen LogP contribution >= 0.6 is 11.8 Å². The maximum atomic E-state index is 13.4. The predicted molar refractivity (Wildman–Crippen MR) is 146 cm³/mol. The van der Waals surface area contributed by atoms with Gasteiger partial charge in [-0.1, -0.05) is 11.8 Å². The van der Waals surface area contributed by atoms with Crippen LogP contribution in [0.1, 0.15) is 23.7 Å². The number of nitrogens with zero attached hydrogens (tertiary/aromatic N) is 3. The molecule has 40 heavy (non-hydrogen) atoms. The van der Waals surface area contributed by atoms with Gasteiger partial charge in [0.15, 0.2) is 10.9 Å². The Morgan fingerprint density at radius 2 is 1.75 bits per heavy atom. The number of amides is 1. The highest BCUT2D eigenvalue weighted by Gasteiger charge is 2.45. The number of Topliss-reactive ketones (excluding diaryl/α,β-unsaturated/α-hetero) is 1. The van der Waals surface area contributed by atoms with Gasteiger partial charge in [0.1, 0.15) is 6.04 Å². The molecule has 15 heteroatoms. The largest absolute Gasteiger partial charge is 0.465 e.